The molecule has 108 valence electrons. The first-order valence-electron chi connectivity index (χ1n) is 6.77. The maximum absolute atomic E-state index is 12.3. The Labute approximate surface area is 128 Å². The predicted molar refractivity (Wildman–Crippen MR) is 80.7 cm³/mol. The van der Waals surface area contributed by atoms with Gasteiger partial charge in [0, 0.05) is 11.8 Å². The van der Waals surface area contributed by atoms with Gasteiger partial charge in [-0.05, 0) is 25.1 Å². The zero-order chi connectivity index (χ0) is 14.8. The van der Waals surface area contributed by atoms with Crippen molar-refractivity contribution in [3.63, 3.8) is 0 Å². The van der Waals surface area contributed by atoms with E-state index in [1.807, 2.05) is 37.3 Å². The molecule has 1 amide bonds. The number of benzene rings is 1. The van der Waals surface area contributed by atoms with Gasteiger partial charge in [-0.2, -0.15) is 0 Å². The number of aryl methyl sites for hydroxylation is 1. The first-order valence-corrected chi connectivity index (χ1v) is 7.15. The van der Waals surface area contributed by atoms with Crippen LogP contribution < -0.4 is 4.74 Å². The summed E-state index contributed by atoms with van der Waals surface area (Å²) in [7, 11) is 0. The van der Waals surface area contributed by atoms with Crippen molar-refractivity contribution in [3.05, 3.63) is 58.7 Å². The van der Waals surface area contributed by atoms with E-state index < -0.39 is 0 Å². The van der Waals surface area contributed by atoms with Crippen LogP contribution in [0.1, 0.15) is 16.1 Å². The molecule has 1 aliphatic rings. The lowest BCUT2D eigenvalue weighted by Crippen LogP contribution is -2.56. The van der Waals surface area contributed by atoms with E-state index in [2.05, 4.69) is 4.98 Å². The average Bonchev–Trinajstić information content (AvgIpc) is 2.42. The topological polar surface area (TPSA) is 42.4 Å². The molecule has 1 saturated heterocycles. The molecule has 0 N–H and O–H groups in total. The molecule has 0 atom stereocenters. The Morgan fingerprint density at radius 3 is 2.71 bits per heavy atom. The lowest BCUT2D eigenvalue weighted by Gasteiger charge is -2.38. The van der Waals surface area contributed by atoms with E-state index in [1.165, 1.54) is 0 Å². The second-order valence-electron chi connectivity index (χ2n) is 5.05. The van der Waals surface area contributed by atoms with Crippen LogP contribution in [0.15, 0.2) is 42.5 Å². The second kappa shape index (κ2) is 5.74. The Kier molecular flexibility index (Phi) is 3.80. The fraction of sp³-hybridized carbons (Fsp3) is 0.250. The fourth-order valence-electron chi connectivity index (χ4n) is 2.24. The highest BCUT2D eigenvalue weighted by Crippen LogP contribution is 2.22. The number of hydrogen-bond acceptors (Lipinski definition) is 3. The van der Waals surface area contributed by atoms with Gasteiger partial charge in [-0.25, -0.2) is 4.98 Å². The number of hydrogen-bond donors (Lipinski definition) is 0. The number of pyridine rings is 1. The molecule has 0 spiro atoms. The van der Waals surface area contributed by atoms with Gasteiger partial charge in [0.05, 0.1) is 23.7 Å². The number of nitrogens with zero attached hydrogens (tertiary/aromatic N) is 2. The summed E-state index contributed by atoms with van der Waals surface area (Å²) in [4.78, 5) is 18.3. The van der Waals surface area contributed by atoms with Crippen LogP contribution in [0.4, 0.5) is 0 Å². The van der Waals surface area contributed by atoms with Gasteiger partial charge in [0.1, 0.15) is 6.10 Å². The Morgan fingerprint density at radius 2 is 2.00 bits per heavy atom. The number of carbonyl (C=O) groups is 1. The molecule has 1 aromatic heterocycles. The molecule has 1 aliphatic heterocycles. The number of amides is 1. The predicted octanol–water partition coefficient (Wildman–Crippen LogP) is 2.95. The smallest absolute Gasteiger partial charge is 0.255 e. The molecule has 1 aromatic carbocycles. The normalized spacial score (nSPS) is 14.7. The first kappa shape index (κ1) is 13.9. The summed E-state index contributed by atoms with van der Waals surface area (Å²) in [6, 6.07) is 12.7. The molecule has 0 aliphatic carbocycles. The summed E-state index contributed by atoms with van der Waals surface area (Å²) >= 11 is 6.04. The van der Waals surface area contributed by atoms with Gasteiger partial charge < -0.3 is 9.64 Å². The first-order chi connectivity index (χ1) is 10.1. The van der Waals surface area contributed by atoms with Gasteiger partial charge >= 0.3 is 0 Å². The Hall–Kier alpha value is -2.07. The Bertz CT molecular complexity index is 669. The van der Waals surface area contributed by atoms with Gasteiger partial charge in [0.25, 0.3) is 5.91 Å². The van der Waals surface area contributed by atoms with E-state index in [0.717, 1.165) is 5.69 Å². The summed E-state index contributed by atoms with van der Waals surface area (Å²) < 4.78 is 5.74. The zero-order valence-corrected chi connectivity index (χ0v) is 12.4. The Morgan fingerprint density at radius 1 is 1.24 bits per heavy atom. The van der Waals surface area contributed by atoms with Crippen molar-refractivity contribution in [3.8, 4) is 5.88 Å². The van der Waals surface area contributed by atoms with Crippen molar-refractivity contribution in [2.24, 2.45) is 0 Å². The standard InChI is InChI=1S/C16H15ClN2O2/c1-11-5-4-8-15(18-11)21-12-9-19(10-12)16(20)13-6-2-3-7-14(13)17/h2-8,12H,9-10H2,1H3. The highest BCUT2D eigenvalue weighted by molar-refractivity contribution is 6.33. The average molecular weight is 303 g/mol. The van der Waals surface area contributed by atoms with Crippen molar-refractivity contribution in [1.29, 1.82) is 0 Å². The molecule has 0 bridgehead atoms. The summed E-state index contributed by atoms with van der Waals surface area (Å²) in [5.41, 5.74) is 1.45. The van der Waals surface area contributed by atoms with Crippen LogP contribution >= 0.6 is 11.6 Å². The monoisotopic (exact) mass is 302 g/mol. The van der Waals surface area contributed by atoms with Crippen molar-refractivity contribution >= 4 is 17.5 Å². The van der Waals surface area contributed by atoms with Crippen LogP contribution in [0.3, 0.4) is 0 Å². The summed E-state index contributed by atoms with van der Waals surface area (Å²) in [5, 5.41) is 0.479. The van der Waals surface area contributed by atoms with E-state index >= 15 is 0 Å². The van der Waals surface area contributed by atoms with Crippen LogP contribution in [0.2, 0.25) is 5.02 Å². The second-order valence-corrected chi connectivity index (χ2v) is 5.45. The van der Waals surface area contributed by atoms with E-state index in [9.17, 15) is 4.79 Å². The fourth-order valence-corrected chi connectivity index (χ4v) is 2.45. The lowest BCUT2D eigenvalue weighted by atomic mass is 10.1. The number of likely N-dealkylation sites (tertiary alicyclic amines) is 1. The lowest BCUT2D eigenvalue weighted by molar-refractivity contribution is 0.0159. The minimum atomic E-state index is -0.0577. The van der Waals surface area contributed by atoms with Gasteiger partial charge in [0.15, 0.2) is 0 Å². The molecule has 2 aromatic rings. The molecule has 3 rings (SSSR count). The van der Waals surface area contributed by atoms with Crippen LogP contribution in [0.5, 0.6) is 5.88 Å². The highest BCUT2D eigenvalue weighted by atomic mass is 35.5. The highest BCUT2D eigenvalue weighted by Gasteiger charge is 2.33. The van der Waals surface area contributed by atoms with Gasteiger partial charge in [-0.3, -0.25) is 4.79 Å². The molecule has 5 heteroatoms. The van der Waals surface area contributed by atoms with E-state index in [1.54, 1.807) is 17.0 Å². The summed E-state index contributed by atoms with van der Waals surface area (Å²) in [5.74, 6) is 0.544. The summed E-state index contributed by atoms with van der Waals surface area (Å²) in [6.45, 7) is 3.03. The van der Waals surface area contributed by atoms with Crippen LogP contribution in [0.25, 0.3) is 0 Å². The van der Waals surface area contributed by atoms with Crippen molar-refractivity contribution in [2.45, 2.75) is 13.0 Å². The number of carbonyl (C=O) groups excluding carboxylic acids is 1. The van der Waals surface area contributed by atoms with E-state index in [0.29, 0.717) is 29.6 Å². The maximum atomic E-state index is 12.3. The molecular weight excluding hydrogens is 288 g/mol. The number of rotatable bonds is 3. The number of halogens is 1. The van der Waals surface area contributed by atoms with Crippen LogP contribution in [0, 0.1) is 6.92 Å². The summed E-state index contributed by atoms with van der Waals surface area (Å²) in [6.07, 6.45) is -0.00858. The molecule has 21 heavy (non-hydrogen) atoms. The molecule has 0 radical (unpaired) electrons. The molecule has 0 saturated carbocycles. The Balaban J connectivity index is 1.59. The van der Waals surface area contributed by atoms with Gasteiger partial charge in [0.2, 0.25) is 5.88 Å². The maximum Gasteiger partial charge on any atom is 0.255 e. The zero-order valence-electron chi connectivity index (χ0n) is 11.6. The molecule has 2 heterocycles. The van der Waals surface area contributed by atoms with Crippen LogP contribution in [-0.2, 0) is 0 Å². The minimum Gasteiger partial charge on any atom is -0.471 e. The van der Waals surface area contributed by atoms with Gasteiger partial charge in [-0.1, -0.05) is 29.8 Å². The molecule has 1 fully saturated rings. The van der Waals surface area contributed by atoms with Crippen LogP contribution in [-0.4, -0.2) is 35.0 Å². The third-order valence-corrected chi connectivity index (χ3v) is 3.72. The number of ether oxygens (including phenoxy) is 1. The third kappa shape index (κ3) is 3.00. The largest absolute Gasteiger partial charge is 0.471 e. The van der Waals surface area contributed by atoms with Crippen molar-refractivity contribution in [2.75, 3.05) is 13.1 Å². The number of aromatic nitrogens is 1. The SMILES string of the molecule is Cc1cccc(OC2CN(C(=O)c3ccccc3Cl)C2)n1. The van der Waals surface area contributed by atoms with E-state index in [-0.39, 0.29) is 12.0 Å². The quantitative estimate of drug-likeness (QED) is 0.875. The van der Waals surface area contributed by atoms with Crippen molar-refractivity contribution in [1.82, 2.24) is 9.88 Å². The minimum absolute atomic E-state index is 0.00858. The molecular formula is C16H15ClN2O2. The third-order valence-electron chi connectivity index (χ3n) is 3.39. The van der Waals surface area contributed by atoms with E-state index in [4.69, 9.17) is 16.3 Å². The van der Waals surface area contributed by atoms with Crippen molar-refractivity contribution < 1.29 is 9.53 Å². The molecule has 0 unspecified atom stereocenters. The molecule has 4 nitrogen and oxygen atoms in total. The van der Waals surface area contributed by atoms with Gasteiger partial charge in [-0.15, -0.1) is 0 Å².